The van der Waals surface area contributed by atoms with Gasteiger partial charge in [0.15, 0.2) is 0 Å². The Balaban J connectivity index is 1.33. The van der Waals surface area contributed by atoms with Crippen LogP contribution in [-0.2, 0) is 0 Å². The molecule has 0 radical (unpaired) electrons. The van der Waals surface area contributed by atoms with Gasteiger partial charge in [0, 0.05) is 0 Å². The van der Waals surface area contributed by atoms with Gasteiger partial charge in [0.2, 0.25) is 0 Å². The average molecular weight is 671 g/mol. The standard InChI is InChI=1S/C50H42Si/c1-35-15-6-5-7-23-45(47-24-10-11-25-48(47)50(35)43-21-13-22-44(33-43)51(2,3)4)42-30-28-37-18-14-26-46(49(37)34-42)41-20-12-19-39(32-41)40-29-27-36-16-8-9-17-38(36)31-40/h5-22,24-34H,1,23H2,2-4H3/b7-5-,15-6-,47-45+,50-48+. The first-order valence-electron chi connectivity index (χ1n) is 17.9. The van der Waals surface area contributed by atoms with E-state index in [1.54, 1.807) is 0 Å². The Morgan fingerprint density at radius 3 is 2.02 bits per heavy atom. The topological polar surface area (TPSA) is 0 Å². The second-order valence-electron chi connectivity index (χ2n) is 14.6. The van der Waals surface area contributed by atoms with Gasteiger partial charge in [0.25, 0.3) is 0 Å². The van der Waals surface area contributed by atoms with Gasteiger partial charge >= 0.3 is 0 Å². The van der Waals surface area contributed by atoms with Crippen LogP contribution >= 0.6 is 0 Å². The van der Waals surface area contributed by atoms with Crippen molar-refractivity contribution < 1.29 is 0 Å². The van der Waals surface area contributed by atoms with Crippen LogP contribution in [-0.4, -0.2) is 8.07 Å². The summed E-state index contributed by atoms with van der Waals surface area (Å²) >= 11 is 0. The van der Waals surface area contributed by atoms with Gasteiger partial charge < -0.3 is 0 Å². The van der Waals surface area contributed by atoms with Crippen molar-refractivity contribution in [3.05, 3.63) is 210 Å². The van der Waals surface area contributed by atoms with Crippen LogP contribution in [0.25, 0.3) is 54.9 Å². The van der Waals surface area contributed by atoms with Gasteiger partial charge in [0.1, 0.15) is 0 Å². The van der Waals surface area contributed by atoms with Crippen LogP contribution in [0, 0.1) is 0 Å². The Hall–Kier alpha value is -5.76. The monoisotopic (exact) mass is 670 g/mol. The second-order valence-corrected chi connectivity index (χ2v) is 19.7. The minimum Gasteiger partial charge on any atom is -0.0911 e. The number of rotatable bonds is 5. The highest BCUT2D eigenvalue weighted by Gasteiger charge is 2.18. The van der Waals surface area contributed by atoms with Gasteiger partial charge in [-0.25, -0.2) is 0 Å². The van der Waals surface area contributed by atoms with Crippen LogP contribution in [0.3, 0.4) is 0 Å². The van der Waals surface area contributed by atoms with E-state index in [1.807, 2.05) is 0 Å². The lowest BCUT2D eigenvalue weighted by Gasteiger charge is -2.19. The van der Waals surface area contributed by atoms with Gasteiger partial charge in [-0.05, 0) is 107 Å². The summed E-state index contributed by atoms with van der Waals surface area (Å²) in [5.74, 6) is 0. The predicted molar refractivity (Wildman–Crippen MR) is 224 cm³/mol. The van der Waals surface area contributed by atoms with Crippen LogP contribution in [0.2, 0.25) is 19.6 Å². The van der Waals surface area contributed by atoms with E-state index in [2.05, 4.69) is 202 Å². The zero-order valence-corrected chi connectivity index (χ0v) is 30.7. The second kappa shape index (κ2) is 13.5. The minimum absolute atomic E-state index is 0.821. The van der Waals surface area contributed by atoms with Gasteiger partial charge in [0.05, 0.1) is 8.07 Å². The molecule has 51 heavy (non-hydrogen) atoms. The number of benzene rings is 7. The number of allylic oxidation sites excluding steroid dienone is 5. The maximum atomic E-state index is 4.61. The van der Waals surface area contributed by atoms with Gasteiger partial charge in [-0.3, -0.25) is 0 Å². The lowest BCUT2D eigenvalue weighted by atomic mass is 9.89. The van der Waals surface area contributed by atoms with E-state index in [0.717, 1.165) is 12.0 Å². The Morgan fingerprint density at radius 2 is 1.16 bits per heavy atom. The quantitative estimate of drug-likeness (QED) is 0.160. The van der Waals surface area contributed by atoms with E-state index in [1.165, 1.54) is 81.7 Å². The summed E-state index contributed by atoms with van der Waals surface area (Å²) in [6.07, 6.45) is 9.55. The molecule has 246 valence electrons. The summed E-state index contributed by atoms with van der Waals surface area (Å²) in [7, 11) is -1.52. The Kier molecular flexibility index (Phi) is 8.59. The van der Waals surface area contributed by atoms with E-state index < -0.39 is 8.07 Å². The van der Waals surface area contributed by atoms with Crippen molar-refractivity contribution in [1.29, 1.82) is 0 Å². The van der Waals surface area contributed by atoms with Crippen molar-refractivity contribution in [1.82, 2.24) is 0 Å². The third-order valence-corrected chi connectivity index (χ3v) is 12.3. The molecule has 0 bridgehead atoms. The highest BCUT2D eigenvalue weighted by Crippen LogP contribution is 2.34. The lowest BCUT2D eigenvalue weighted by Crippen LogP contribution is -2.38. The first-order valence-corrected chi connectivity index (χ1v) is 21.4. The fourth-order valence-electron chi connectivity index (χ4n) is 7.47. The molecule has 1 heteroatoms. The summed E-state index contributed by atoms with van der Waals surface area (Å²) in [5.41, 5.74) is 10.9. The number of fused-ring (bicyclic) bond motifs is 3. The zero-order valence-electron chi connectivity index (χ0n) is 29.7. The summed E-state index contributed by atoms with van der Waals surface area (Å²) in [5, 5.41) is 8.95. The maximum absolute atomic E-state index is 4.61. The molecule has 0 saturated heterocycles. The van der Waals surface area contributed by atoms with Crippen LogP contribution in [0.1, 0.15) is 17.5 Å². The van der Waals surface area contributed by atoms with Crippen molar-refractivity contribution >= 4 is 46.0 Å². The molecule has 0 spiro atoms. The first kappa shape index (κ1) is 32.4. The van der Waals surface area contributed by atoms with E-state index >= 15 is 0 Å². The van der Waals surface area contributed by atoms with Gasteiger partial charge in [-0.1, -0.05) is 189 Å². The minimum atomic E-state index is -1.52. The van der Waals surface area contributed by atoms with E-state index in [9.17, 15) is 0 Å². The molecule has 0 fully saturated rings. The van der Waals surface area contributed by atoms with Crippen molar-refractivity contribution in [2.24, 2.45) is 0 Å². The summed E-state index contributed by atoms with van der Waals surface area (Å²) in [4.78, 5) is 0. The predicted octanol–water partition coefficient (Wildman–Crippen LogP) is 11.3. The van der Waals surface area contributed by atoms with Crippen molar-refractivity contribution in [2.75, 3.05) is 0 Å². The van der Waals surface area contributed by atoms with E-state index in [4.69, 9.17) is 0 Å². The number of hydrogen-bond acceptors (Lipinski definition) is 0. The molecule has 0 atom stereocenters. The molecule has 7 aromatic carbocycles. The molecule has 0 saturated carbocycles. The van der Waals surface area contributed by atoms with Crippen LogP contribution < -0.4 is 15.6 Å². The Labute approximate surface area is 302 Å². The smallest absolute Gasteiger partial charge is 0.0776 e. The molecular weight excluding hydrogens is 629 g/mol. The highest BCUT2D eigenvalue weighted by molar-refractivity contribution is 6.88. The Morgan fingerprint density at radius 1 is 0.490 bits per heavy atom. The average Bonchev–Trinajstić information content (AvgIpc) is 3.16. The lowest BCUT2D eigenvalue weighted by molar-refractivity contribution is 1.32. The molecule has 7 aromatic rings. The van der Waals surface area contributed by atoms with Gasteiger partial charge in [-0.2, -0.15) is 0 Å². The fourth-order valence-corrected chi connectivity index (χ4v) is 8.65. The number of hydrogen-bond donors (Lipinski definition) is 0. The summed E-state index contributed by atoms with van der Waals surface area (Å²) < 4.78 is 0. The largest absolute Gasteiger partial charge is 0.0911 e. The molecule has 0 aromatic heterocycles. The van der Waals surface area contributed by atoms with Crippen molar-refractivity contribution in [3.8, 4) is 22.3 Å². The van der Waals surface area contributed by atoms with Crippen LogP contribution in [0.4, 0.5) is 0 Å². The molecule has 0 heterocycles. The van der Waals surface area contributed by atoms with Crippen LogP contribution in [0.15, 0.2) is 188 Å². The maximum Gasteiger partial charge on any atom is 0.0776 e. The molecule has 8 rings (SSSR count). The summed E-state index contributed by atoms with van der Waals surface area (Å²) in [6.45, 7) is 11.9. The van der Waals surface area contributed by atoms with Crippen molar-refractivity contribution in [3.63, 3.8) is 0 Å². The molecule has 0 N–H and O–H groups in total. The molecule has 1 aliphatic carbocycles. The molecule has 0 unspecified atom stereocenters. The first-order chi connectivity index (χ1) is 24.8. The zero-order chi connectivity index (χ0) is 35.0. The van der Waals surface area contributed by atoms with E-state index in [0.29, 0.717) is 0 Å². The van der Waals surface area contributed by atoms with E-state index in [-0.39, 0.29) is 0 Å². The third-order valence-electron chi connectivity index (χ3n) is 10.2. The molecule has 0 nitrogen and oxygen atoms in total. The van der Waals surface area contributed by atoms with Gasteiger partial charge in [-0.15, -0.1) is 0 Å². The normalized spacial score (nSPS) is 16.9. The Bertz CT molecular complexity index is 2660. The highest BCUT2D eigenvalue weighted by atomic mass is 28.3. The van der Waals surface area contributed by atoms with Crippen LogP contribution in [0.5, 0.6) is 0 Å². The molecule has 0 amide bonds. The molecule has 1 aliphatic rings. The third kappa shape index (κ3) is 6.49. The fraction of sp³-hybridized carbons (Fsp3) is 0.0800. The SMILES string of the molecule is C=C1/C=C\C=C/C/C(c2ccc3cccc(-c4cccc(-c5ccc6ccccc6c5)c4)c3c2)=c2/cccc/c2=C/1c1cccc([Si](C)(C)C)c1. The van der Waals surface area contributed by atoms with Crippen molar-refractivity contribution in [2.45, 2.75) is 26.1 Å². The molecule has 0 aliphatic heterocycles. The summed E-state index contributed by atoms with van der Waals surface area (Å²) in [6, 6.07) is 56.1. The molecular formula is C50H42Si.